The van der Waals surface area contributed by atoms with Crippen LogP contribution in [0.25, 0.3) is 0 Å². The summed E-state index contributed by atoms with van der Waals surface area (Å²) in [6, 6.07) is 5.31. The van der Waals surface area contributed by atoms with Crippen molar-refractivity contribution in [2.24, 2.45) is 0 Å². The summed E-state index contributed by atoms with van der Waals surface area (Å²) >= 11 is 1.59. The maximum atomic E-state index is 15.0. The zero-order valence-electron chi connectivity index (χ0n) is 13.2. The first-order valence-corrected chi connectivity index (χ1v) is 8.74. The van der Waals surface area contributed by atoms with Gasteiger partial charge in [0.05, 0.1) is 10.7 Å². The Labute approximate surface area is 139 Å². The number of thiazole rings is 1. The first kappa shape index (κ1) is 16.1. The van der Waals surface area contributed by atoms with Gasteiger partial charge < -0.3 is 4.90 Å². The predicted octanol–water partition coefficient (Wildman–Crippen LogP) is 3.27. The largest absolute Gasteiger partial charge is 0.342 e. The van der Waals surface area contributed by atoms with Crippen molar-refractivity contribution in [3.63, 3.8) is 0 Å². The van der Waals surface area contributed by atoms with E-state index in [1.165, 1.54) is 0 Å². The molecule has 4 nitrogen and oxygen atoms in total. The van der Waals surface area contributed by atoms with Crippen LogP contribution in [0.15, 0.2) is 29.8 Å². The zero-order valence-corrected chi connectivity index (χ0v) is 14.0. The van der Waals surface area contributed by atoms with Crippen molar-refractivity contribution in [2.45, 2.75) is 38.3 Å². The molecule has 0 saturated carbocycles. The highest BCUT2D eigenvalue weighted by Crippen LogP contribution is 2.35. The molecule has 0 unspecified atom stereocenters. The van der Waals surface area contributed by atoms with Crippen LogP contribution in [-0.4, -0.2) is 33.9 Å². The number of aryl methyl sites for hydroxylation is 2. The molecule has 23 heavy (non-hydrogen) atoms. The number of hydrogen-bond donors (Lipinski definition) is 0. The molecule has 122 valence electrons. The summed E-state index contributed by atoms with van der Waals surface area (Å²) in [4.78, 5) is 22.6. The smallest absolute Gasteiger partial charge is 0.222 e. The third kappa shape index (κ3) is 3.75. The minimum Gasteiger partial charge on any atom is -0.342 e. The van der Waals surface area contributed by atoms with Crippen LogP contribution in [0.4, 0.5) is 4.39 Å². The second kappa shape index (κ2) is 6.74. The molecule has 2 aromatic rings. The maximum absolute atomic E-state index is 15.0. The van der Waals surface area contributed by atoms with E-state index < -0.39 is 5.67 Å². The minimum absolute atomic E-state index is 0.0842. The second-order valence-electron chi connectivity index (χ2n) is 5.94. The molecule has 1 aliphatic rings. The molecule has 1 saturated heterocycles. The minimum atomic E-state index is -1.41. The number of pyridine rings is 1. The van der Waals surface area contributed by atoms with Gasteiger partial charge in [0, 0.05) is 56.0 Å². The first-order valence-electron chi connectivity index (χ1n) is 7.86. The molecule has 0 aromatic carbocycles. The lowest BCUT2D eigenvalue weighted by molar-refractivity contribution is -0.134. The Bertz CT molecular complexity index is 665. The van der Waals surface area contributed by atoms with Crippen LogP contribution >= 0.6 is 11.3 Å². The molecule has 0 spiro atoms. The molecular weight excluding hydrogens is 313 g/mol. The van der Waals surface area contributed by atoms with Crippen LogP contribution in [0.2, 0.25) is 0 Å². The Balaban J connectivity index is 1.53. The lowest BCUT2D eigenvalue weighted by Gasteiger charge is -2.36. The number of carbonyl (C=O) groups excluding carboxylic acids is 1. The van der Waals surface area contributed by atoms with Crippen molar-refractivity contribution in [1.82, 2.24) is 14.9 Å². The molecule has 1 amide bonds. The fraction of sp³-hybridized carbons (Fsp3) is 0.471. The van der Waals surface area contributed by atoms with E-state index in [4.69, 9.17) is 0 Å². The van der Waals surface area contributed by atoms with E-state index in [0.29, 0.717) is 44.5 Å². The van der Waals surface area contributed by atoms with Crippen LogP contribution in [0, 0.1) is 6.92 Å². The van der Waals surface area contributed by atoms with Gasteiger partial charge in [0.2, 0.25) is 5.91 Å². The zero-order chi connectivity index (χ0) is 16.3. The summed E-state index contributed by atoms with van der Waals surface area (Å²) in [7, 11) is 0. The third-order valence-electron chi connectivity index (χ3n) is 4.25. The fourth-order valence-electron chi connectivity index (χ4n) is 2.88. The van der Waals surface area contributed by atoms with Crippen molar-refractivity contribution < 1.29 is 9.18 Å². The molecule has 0 N–H and O–H groups in total. The van der Waals surface area contributed by atoms with Crippen molar-refractivity contribution in [1.29, 1.82) is 0 Å². The van der Waals surface area contributed by atoms with Crippen LogP contribution in [0.1, 0.15) is 35.7 Å². The van der Waals surface area contributed by atoms with Crippen LogP contribution < -0.4 is 0 Å². The molecule has 0 bridgehead atoms. The van der Waals surface area contributed by atoms with Gasteiger partial charge in [0.1, 0.15) is 0 Å². The number of halogens is 1. The van der Waals surface area contributed by atoms with Crippen molar-refractivity contribution >= 4 is 17.2 Å². The maximum Gasteiger partial charge on any atom is 0.222 e. The summed E-state index contributed by atoms with van der Waals surface area (Å²) in [5.74, 6) is 0.0842. The lowest BCUT2D eigenvalue weighted by atomic mass is 9.89. The Morgan fingerprint density at radius 2 is 2.17 bits per heavy atom. The Hall–Kier alpha value is -1.82. The van der Waals surface area contributed by atoms with E-state index in [9.17, 15) is 9.18 Å². The Kier molecular flexibility index (Phi) is 4.71. The van der Waals surface area contributed by atoms with Gasteiger partial charge in [-0.15, -0.1) is 11.3 Å². The monoisotopic (exact) mass is 333 g/mol. The summed E-state index contributed by atoms with van der Waals surface area (Å²) in [5, 5.41) is 2.98. The fourth-order valence-corrected chi connectivity index (χ4v) is 3.66. The van der Waals surface area contributed by atoms with Gasteiger partial charge in [-0.25, -0.2) is 9.37 Å². The third-order valence-corrected chi connectivity index (χ3v) is 5.28. The predicted molar refractivity (Wildman–Crippen MR) is 88.0 cm³/mol. The SMILES string of the molecule is Cc1csc(CCC(=O)N2CCC(F)(c3ccccn3)CC2)n1. The number of nitrogens with zero attached hydrogens (tertiary/aromatic N) is 3. The highest BCUT2D eigenvalue weighted by molar-refractivity contribution is 7.09. The topological polar surface area (TPSA) is 46.1 Å². The molecule has 0 atom stereocenters. The number of hydrogen-bond acceptors (Lipinski definition) is 4. The van der Waals surface area contributed by atoms with E-state index in [1.807, 2.05) is 12.3 Å². The number of likely N-dealkylation sites (tertiary alicyclic amines) is 1. The average molecular weight is 333 g/mol. The Morgan fingerprint density at radius 1 is 1.39 bits per heavy atom. The normalized spacial score (nSPS) is 17.2. The second-order valence-corrected chi connectivity index (χ2v) is 6.89. The van der Waals surface area contributed by atoms with Crippen LogP contribution in [-0.2, 0) is 16.9 Å². The highest BCUT2D eigenvalue weighted by Gasteiger charge is 2.38. The van der Waals surface area contributed by atoms with E-state index in [0.717, 1.165) is 10.7 Å². The standard InChI is InChI=1S/C17H20FN3OS/c1-13-12-23-15(20-13)5-6-16(22)21-10-7-17(18,8-11-21)14-4-2-3-9-19-14/h2-4,9,12H,5-8,10-11H2,1H3. The number of amides is 1. The lowest BCUT2D eigenvalue weighted by Crippen LogP contribution is -2.43. The van der Waals surface area contributed by atoms with Gasteiger partial charge in [-0.2, -0.15) is 0 Å². The van der Waals surface area contributed by atoms with Crippen molar-refractivity contribution in [3.8, 4) is 0 Å². The number of alkyl halides is 1. The van der Waals surface area contributed by atoms with Gasteiger partial charge in [-0.3, -0.25) is 9.78 Å². The first-order chi connectivity index (χ1) is 11.1. The van der Waals surface area contributed by atoms with Gasteiger partial charge in [0.25, 0.3) is 0 Å². The molecule has 0 radical (unpaired) electrons. The van der Waals surface area contributed by atoms with E-state index in [2.05, 4.69) is 9.97 Å². The molecular formula is C17H20FN3OS. The van der Waals surface area contributed by atoms with Crippen molar-refractivity contribution in [2.75, 3.05) is 13.1 Å². The summed E-state index contributed by atoms with van der Waals surface area (Å²) in [6.45, 7) is 2.84. The highest BCUT2D eigenvalue weighted by atomic mass is 32.1. The molecule has 3 rings (SSSR count). The van der Waals surface area contributed by atoms with Gasteiger partial charge in [0.15, 0.2) is 5.67 Å². The van der Waals surface area contributed by atoms with Crippen molar-refractivity contribution in [3.05, 3.63) is 46.2 Å². The molecule has 0 aliphatic carbocycles. The summed E-state index contributed by atoms with van der Waals surface area (Å²) in [5.41, 5.74) is 0.0585. The van der Waals surface area contributed by atoms with Crippen LogP contribution in [0.3, 0.4) is 0 Å². The van der Waals surface area contributed by atoms with Gasteiger partial charge in [-0.05, 0) is 19.1 Å². The van der Waals surface area contributed by atoms with Gasteiger partial charge in [-0.1, -0.05) is 6.07 Å². The molecule has 3 heterocycles. The average Bonchev–Trinajstić information content (AvgIpc) is 3.00. The van der Waals surface area contributed by atoms with E-state index >= 15 is 0 Å². The number of carbonyl (C=O) groups is 1. The molecule has 1 aliphatic heterocycles. The summed E-state index contributed by atoms with van der Waals surface area (Å²) in [6.07, 6.45) is 3.34. The molecule has 6 heteroatoms. The number of rotatable bonds is 4. The molecule has 2 aromatic heterocycles. The van der Waals surface area contributed by atoms with Gasteiger partial charge >= 0.3 is 0 Å². The Morgan fingerprint density at radius 3 is 2.78 bits per heavy atom. The number of piperidine rings is 1. The van der Waals surface area contributed by atoms with E-state index in [1.54, 1.807) is 40.6 Å². The number of aromatic nitrogens is 2. The quantitative estimate of drug-likeness (QED) is 0.863. The van der Waals surface area contributed by atoms with E-state index in [-0.39, 0.29) is 5.91 Å². The summed E-state index contributed by atoms with van der Waals surface area (Å²) < 4.78 is 15.0. The van der Waals surface area contributed by atoms with Crippen LogP contribution in [0.5, 0.6) is 0 Å². The molecule has 1 fully saturated rings.